The van der Waals surface area contributed by atoms with E-state index in [-0.39, 0.29) is 17.5 Å². The van der Waals surface area contributed by atoms with E-state index in [2.05, 4.69) is 27.7 Å². The summed E-state index contributed by atoms with van der Waals surface area (Å²) in [6.07, 6.45) is 5.16. The molecule has 0 aromatic carbocycles. The molecule has 3 atom stereocenters. The van der Waals surface area contributed by atoms with E-state index in [1.165, 1.54) is 32.6 Å². The van der Waals surface area contributed by atoms with Crippen LogP contribution in [-0.4, -0.2) is 12.1 Å². The monoisotopic (exact) mass is 226 g/mol. The third-order valence-corrected chi connectivity index (χ3v) is 3.71. The van der Waals surface area contributed by atoms with Gasteiger partial charge >= 0.3 is 5.97 Å². The lowest BCUT2D eigenvalue weighted by Gasteiger charge is -2.41. The molecular formula is C14H26O2. The van der Waals surface area contributed by atoms with Crippen molar-refractivity contribution in [3.8, 4) is 0 Å². The Labute approximate surface area is 99.8 Å². The second-order valence-corrected chi connectivity index (χ2v) is 6.32. The van der Waals surface area contributed by atoms with E-state index in [4.69, 9.17) is 4.74 Å². The summed E-state index contributed by atoms with van der Waals surface area (Å²) in [7, 11) is 0. The van der Waals surface area contributed by atoms with Gasteiger partial charge in [-0.3, -0.25) is 4.79 Å². The topological polar surface area (TPSA) is 26.3 Å². The predicted octanol–water partition coefficient (Wildman–Crippen LogP) is 3.79. The molecule has 1 rings (SSSR count). The zero-order chi connectivity index (χ0) is 12.3. The number of carbonyl (C=O) groups excluding carboxylic acids is 1. The third-order valence-electron chi connectivity index (χ3n) is 3.71. The number of carbonyl (C=O) groups is 1. The molecule has 1 aliphatic carbocycles. The van der Waals surface area contributed by atoms with Gasteiger partial charge in [-0.05, 0) is 23.7 Å². The first-order valence-electron chi connectivity index (χ1n) is 6.49. The molecule has 0 radical (unpaired) electrons. The van der Waals surface area contributed by atoms with Crippen LogP contribution in [0.4, 0.5) is 0 Å². The first kappa shape index (κ1) is 13.5. The van der Waals surface area contributed by atoms with Crippen LogP contribution in [0.15, 0.2) is 0 Å². The summed E-state index contributed by atoms with van der Waals surface area (Å²) < 4.78 is 5.59. The number of rotatable bonds is 2. The van der Waals surface area contributed by atoms with E-state index in [0.717, 1.165) is 0 Å². The van der Waals surface area contributed by atoms with E-state index in [1.54, 1.807) is 0 Å². The Balaban J connectivity index is 2.78. The van der Waals surface area contributed by atoms with Gasteiger partial charge in [0.15, 0.2) is 0 Å². The summed E-state index contributed by atoms with van der Waals surface area (Å²) >= 11 is 0. The number of hydrogen-bond acceptors (Lipinski definition) is 2. The van der Waals surface area contributed by atoms with Crippen molar-refractivity contribution in [1.29, 1.82) is 0 Å². The van der Waals surface area contributed by atoms with Crippen molar-refractivity contribution in [1.82, 2.24) is 0 Å². The molecule has 0 spiro atoms. The van der Waals surface area contributed by atoms with Crippen LogP contribution < -0.4 is 0 Å². The number of esters is 1. The molecule has 2 heteroatoms. The van der Waals surface area contributed by atoms with Crippen LogP contribution in [0.5, 0.6) is 0 Å². The Morgan fingerprint density at radius 2 is 1.81 bits per heavy atom. The fraction of sp³-hybridized carbons (Fsp3) is 0.929. The maximum Gasteiger partial charge on any atom is 0.302 e. The Morgan fingerprint density at radius 1 is 1.25 bits per heavy atom. The van der Waals surface area contributed by atoms with Crippen molar-refractivity contribution in [2.75, 3.05) is 0 Å². The maximum absolute atomic E-state index is 11.2. The van der Waals surface area contributed by atoms with Crippen molar-refractivity contribution in [3.05, 3.63) is 0 Å². The lowest BCUT2D eigenvalue weighted by molar-refractivity contribution is -0.159. The van der Waals surface area contributed by atoms with Crippen LogP contribution in [0.1, 0.15) is 60.3 Å². The molecule has 0 amide bonds. The Morgan fingerprint density at radius 3 is 2.25 bits per heavy atom. The van der Waals surface area contributed by atoms with Gasteiger partial charge < -0.3 is 4.74 Å². The van der Waals surface area contributed by atoms with E-state index >= 15 is 0 Å². The highest BCUT2D eigenvalue weighted by atomic mass is 16.5. The SMILES string of the molecule is CC(=O)O[C@H]([C@H]1CCCC[C@@H]1C)C(C)(C)C. The third kappa shape index (κ3) is 3.50. The molecule has 0 aromatic rings. The van der Waals surface area contributed by atoms with Crippen LogP contribution in [0.25, 0.3) is 0 Å². The molecule has 0 bridgehead atoms. The van der Waals surface area contributed by atoms with Gasteiger partial charge in [-0.2, -0.15) is 0 Å². The minimum Gasteiger partial charge on any atom is -0.462 e. The van der Waals surface area contributed by atoms with Crippen molar-refractivity contribution < 1.29 is 9.53 Å². The molecule has 0 unspecified atom stereocenters. The highest BCUT2D eigenvalue weighted by Gasteiger charge is 2.38. The molecule has 1 fully saturated rings. The minimum atomic E-state index is -0.141. The van der Waals surface area contributed by atoms with E-state index in [9.17, 15) is 4.79 Å². The van der Waals surface area contributed by atoms with Crippen molar-refractivity contribution in [2.24, 2.45) is 17.3 Å². The maximum atomic E-state index is 11.2. The number of ether oxygens (including phenoxy) is 1. The molecule has 16 heavy (non-hydrogen) atoms. The molecule has 94 valence electrons. The van der Waals surface area contributed by atoms with E-state index in [1.807, 2.05) is 0 Å². The second-order valence-electron chi connectivity index (χ2n) is 6.32. The van der Waals surface area contributed by atoms with Gasteiger partial charge in [0.05, 0.1) is 0 Å². The molecule has 0 aliphatic heterocycles. The van der Waals surface area contributed by atoms with Crippen molar-refractivity contribution >= 4 is 5.97 Å². The largest absolute Gasteiger partial charge is 0.462 e. The van der Waals surface area contributed by atoms with Crippen LogP contribution in [0.2, 0.25) is 0 Å². The smallest absolute Gasteiger partial charge is 0.302 e. The van der Waals surface area contributed by atoms with Crippen molar-refractivity contribution in [2.45, 2.75) is 66.4 Å². The zero-order valence-electron chi connectivity index (χ0n) is 11.4. The van der Waals surface area contributed by atoms with Gasteiger partial charge in [0, 0.05) is 6.92 Å². The molecular weight excluding hydrogens is 200 g/mol. The summed E-state index contributed by atoms with van der Waals surface area (Å²) in [5.41, 5.74) is 0.0436. The average molecular weight is 226 g/mol. The summed E-state index contributed by atoms with van der Waals surface area (Å²) in [5.74, 6) is 1.08. The van der Waals surface area contributed by atoms with Crippen LogP contribution in [0, 0.1) is 17.3 Å². The normalized spacial score (nSPS) is 28.6. The average Bonchev–Trinajstić information content (AvgIpc) is 2.13. The van der Waals surface area contributed by atoms with Crippen LogP contribution >= 0.6 is 0 Å². The Hall–Kier alpha value is -0.530. The molecule has 0 aromatic heterocycles. The molecule has 0 N–H and O–H groups in total. The van der Waals surface area contributed by atoms with Crippen LogP contribution in [-0.2, 0) is 9.53 Å². The Kier molecular flexibility index (Phi) is 4.40. The molecule has 0 heterocycles. The zero-order valence-corrected chi connectivity index (χ0v) is 11.4. The second kappa shape index (κ2) is 5.20. The first-order valence-corrected chi connectivity index (χ1v) is 6.49. The van der Waals surface area contributed by atoms with Crippen LogP contribution in [0.3, 0.4) is 0 Å². The van der Waals surface area contributed by atoms with Gasteiger partial charge in [0.1, 0.15) is 6.10 Å². The Bertz CT molecular complexity index is 240. The molecule has 2 nitrogen and oxygen atoms in total. The lowest BCUT2D eigenvalue weighted by atomic mass is 9.70. The van der Waals surface area contributed by atoms with Gasteiger partial charge in [0.25, 0.3) is 0 Å². The summed E-state index contributed by atoms with van der Waals surface area (Å²) in [4.78, 5) is 11.2. The van der Waals surface area contributed by atoms with Gasteiger partial charge in [-0.15, -0.1) is 0 Å². The van der Waals surface area contributed by atoms with Gasteiger partial charge in [-0.25, -0.2) is 0 Å². The predicted molar refractivity (Wildman–Crippen MR) is 66.1 cm³/mol. The molecule has 0 saturated heterocycles. The lowest BCUT2D eigenvalue weighted by Crippen LogP contribution is -2.41. The summed E-state index contributed by atoms with van der Waals surface area (Å²) in [6.45, 7) is 10.3. The highest BCUT2D eigenvalue weighted by molar-refractivity contribution is 5.66. The molecule has 1 aliphatic rings. The summed E-state index contributed by atoms with van der Waals surface area (Å²) in [5, 5.41) is 0. The number of hydrogen-bond donors (Lipinski definition) is 0. The van der Waals surface area contributed by atoms with Gasteiger partial charge in [-0.1, -0.05) is 47.0 Å². The van der Waals surface area contributed by atoms with Gasteiger partial charge in [0.2, 0.25) is 0 Å². The van der Waals surface area contributed by atoms with E-state index in [0.29, 0.717) is 11.8 Å². The quantitative estimate of drug-likeness (QED) is 0.670. The van der Waals surface area contributed by atoms with Crippen molar-refractivity contribution in [3.63, 3.8) is 0 Å². The summed E-state index contributed by atoms with van der Waals surface area (Å²) in [6, 6.07) is 0. The first-order chi connectivity index (χ1) is 7.32. The fourth-order valence-corrected chi connectivity index (χ4v) is 2.88. The highest BCUT2D eigenvalue weighted by Crippen LogP contribution is 2.39. The fourth-order valence-electron chi connectivity index (χ4n) is 2.88. The molecule has 1 saturated carbocycles. The van der Waals surface area contributed by atoms with E-state index < -0.39 is 0 Å². The standard InChI is InChI=1S/C14H26O2/c1-10-8-6-7-9-12(10)13(14(3,4)5)16-11(2)15/h10,12-13H,6-9H2,1-5H3/t10-,12-,13+/m0/s1. The minimum absolute atomic E-state index is 0.0436.